The van der Waals surface area contributed by atoms with Crippen molar-refractivity contribution in [2.75, 3.05) is 18.8 Å². The van der Waals surface area contributed by atoms with Crippen molar-refractivity contribution in [1.29, 1.82) is 0 Å². The number of amides is 1. The van der Waals surface area contributed by atoms with E-state index in [1.165, 1.54) is 12.1 Å². The highest BCUT2D eigenvalue weighted by atomic mass is 35.5. The van der Waals surface area contributed by atoms with Crippen LogP contribution in [0.1, 0.15) is 44.3 Å². The maximum Gasteiger partial charge on any atom is 0.329 e. The number of nitrogens with zero attached hydrogens (tertiary/aromatic N) is 3. The molecule has 164 valence electrons. The van der Waals surface area contributed by atoms with Crippen molar-refractivity contribution >= 4 is 34.2 Å². The van der Waals surface area contributed by atoms with E-state index in [9.17, 15) is 14.0 Å². The van der Waals surface area contributed by atoms with E-state index in [0.29, 0.717) is 24.3 Å². The Morgan fingerprint density at radius 1 is 1.23 bits per heavy atom. The summed E-state index contributed by atoms with van der Waals surface area (Å²) in [6, 6.07) is 9.50. The molecular formula is C23H26ClFN4O2. The molecule has 1 aliphatic heterocycles. The van der Waals surface area contributed by atoms with Gasteiger partial charge in [0.15, 0.2) is 0 Å². The molecule has 2 aromatic carbocycles. The molecule has 2 N–H and O–H groups in total. The van der Waals surface area contributed by atoms with Gasteiger partial charge in [0.2, 0.25) is 5.91 Å². The van der Waals surface area contributed by atoms with Gasteiger partial charge in [-0.05, 0) is 68.7 Å². The fourth-order valence-electron chi connectivity index (χ4n) is 4.50. The number of rotatable bonds is 4. The Morgan fingerprint density at radius 2 is 2.00 bits per heavy atom. The largest absolute Gasteiger partial charge is 0.399 e. The number of piperidine rings is 1. The van der Waals surface area contributed by atoms with E-state index < -0.39 is 5.82 Å². The first kappa shape index (κ1) is 21.4. The number of carbonyl (C=O) groups excluding carboxylic acids is 1. The highest BCUT2D eigenvalue weighted by Gasteiger charge is 2.28. The van der Waals surface area contributed by atoms with Crippen LogP contribution in [-0.4, -0.2) is 33.0 Å². The number of anilines is 1. The van der Waals surface area contributed by atoms with Gasteiger partial charge in [-0.2, -0.15) is 0 Å². The lowest BCUT2D eigenvalue weighted by atomic mass is 10.0. The Kier molecular flexibility index (Phi) is 5.79. The van der Waals surface area contributed by atoms with E-state index in [4.69, 9.17) is 17.3 Å². The van der Waals surface area contributed by atoms with Gasteiger partial charge in [-0.15, -0.1) is 0 Å². The molecule has 1 amide bonds. The highest BCUT2D eigenvalue weighted by Crippen LogP contribution is 2.28. The fraction of sp³-hybridized carbons (Fsp3) is 0.391. The van der Waals surface area contributed by atoms with Crippen LogP contribution < -0.4 is 11.4 Å². The van der Waals surface area contributed by atoms with Gasteiger partial charge >= 0.3 is 5.69 Å². The molecule has 0 radical (unpaired) electrons. The van der Waals surface area contributed by atoms with Gasteiger partial charge in [0.25, 0.3) is 0 Å². The molecule has 2 heterocycles. The average Bonchev–Trinajstić information content (AvgIpc) is 2.98. The number of likely N-dealkylation sites (tertiary alicyclic amines) is 1. The molecule has 8 heteroatoms. The molecular weight excluding hydrogens is 419 g/mol. The number of hydrogen-bond acceptors (Lipinski definition) is 3. The summed E-state index contributed by atoms with van der Waals surface area (Å²) in [6.45, 7) is 4.98. The molecule has 0 bridgehead atoms. The Labute approximate surface area is 185 Å². The normalized spacial score (nSPS) is 16.9. The monoisotopic (exact) mass is 444 g/mol. The molecule has 1 aliphatic rings. The smallest absolute Gasteiger partial charge is 0.329 e. The lowest BCUT2D eigenvalue weighted by Crippen LogP contribution is -2.43. The van der Waals surface area contributed by atoms with E-state index in [2.05, 4.69) is 0 Å². The topological polar surface area (TPSA) is 73.3 Å². The van der Waals surface area contributed by atoms with Crippen molar-refractivity contribution in [2.45, 2.75) is 45.2 Å². The molecule has 1 aromatic heterocycles. The van der Waals surface area contributed by atoms with Crippen LogP contribution in [0, 0.1) is 5.82 Å². The maximum atomic E-state index is 13.6. The van der Waals surface area contributed by atoms with E-state index in [0.717, 1.165) is 23.9 Å². The Hall–Kier alpha value is -2.80. The molecule has 1 fully saturated rings. The van der Waals surface area contributed by atoms with Gasteiger partial charge in [0.1, 0.15) is 5.82 Å². The van der Waals surface area contributed by atoms with Crippen LogP contribution in [-0.2, 0) is 11.2 Å². The first-order valence-electron chi connectivity index (χ1n) is 10.5. The molecule has 31 heavy (non-hydrogen) atoms. The second-order valence-electron chi connectivity index (χ2n) is 8.45. The van der Waals surface area contributed by atoms with Crippen LogP contribution in [0.15, 0.2) is 41.2 Å². The third-order valence-corrected chi connectivity index (χ3v) is 6.06. The van der Waals surface area contributed by atoms with Gasteiger partial charge in [-0.25, -0.2) is 9.18 Å². The summed E-state index contributed by atoms with van der Waals surface area (Å²) in [5.74, 6) is -0.566. The summed E-state index contributed by atoms with van der Waals surface area (Å²) in [7, 11) is 0. The first-order valence-corrected chi connectivity index (χ1v) is 10.9. The van der Waals surface area contributed by atoms with Crippen LogP contribution in [0.25, 0.3) is 11.0 Å². The second-order valence-corrected chi connectivity index (χ2v) is 8.89. The van der Waals surface area contributed by atoms with Gasteiger partial charge in [-0.3, -0.25) is 13.9 Å². The molecule has 0 aliphatic carbocycles. The molecule has 0 spiro atoms. The minimum absolute atomic E-state index is 0.000995. The number of nitrogens with two attached hydrogens (primary N) is 1. The number of aromatic nitrogens is 2. The van der Waals surface area contributed by atoms with E-state index in [-0.39, 0.29) is 35.1 Å². The summed E-state index contributed by atoms with van der Waals surface area (Å²) in [6.07, 6.45) is 1.64. The summed E-state index contributed by atoms with van der Waals surface area (Å²) in [4.78, 5) is 28.0. The van der Waals surface area contributed by atoms with Crippen molar-refractivity contribution in [2.24, 2.45) is 0 Å². The average molecular weight is 445 g/mol. The lowest BCUT2D eigenvalue weighted by Gasteiger charge is -2.33. The minimum atomic E-state index is -0.461. The van der Waals surface area contributed by atoms with Gasteiger partial charge < -0.3 is 10.6 Å². The molecule has 1 saturated heterocycles. The second kappa shape index (κ2) is 8.38. The molecule has 0 saturated carbocycles. The number of benzene rings is 2. The van der Waals surface area contributed by atoms with Crippen LogP contribution in [0.4, 0.5) is 10.1 Å². The minimum Gasteiger partial charge on any atom is -0.399 e. The number of fused-ring (bicyclic) bond motifs is 1. The van der Waals surface area contributed by atoms with Crippen molar-refractivity contribution in [1.82, 2.24) is 14.0 Å². The predicted molar refractivity (Wildman–Crippen MR) is 121 cm³/mol. The molecule has 1 atom stereocenters. The molecule has 6 nitrogen and oxygen atoms in total. The highest BCUT2D eigenvalue weighted by molar-refractivity contribution is 6.30. The molecule has 4 rings (SSSR count). The van der Waals surface area contributed by atoms with Gasteiger partial charge in [0, 0.05) is 29.8 Å². The van der Waals surface area contributed by atoms with Crippen LogP contribution in [0.2, 0.25) is 5.02 Å². The fourth-order valence-corrected chi connectivity index (χ4v) is 4.75. The van der Waals surface area contributed by atoms with Gasteiger partial charge in [0.05, 0.1) is 23.5 Å². The Balaban J connectivity index is 1.64. The van der Waals surface area contributed by atoms with Gasteiger partial charge in [-0.1, -0.05) is 11.6 Å². The SMILES string of the molecule is CC(C)n1c(=O)n([C@H]2CCCN(C(=O)Cc3cc(F)cc(Cl)c3)C2)c2cc(N)ccc21. The van der Waals surface area contributed by atoms with Crippen molar-refractivity contribution in [3.05, 3.63) is 63.3 Å². The summed E-state index contributed by atoms with van der Waals surface area (Å²) < 4.78 is 17.2. The summed E-state index contributed by atoms with van der Waals surface area (Å²) in [5, 5.41) is 0.268. The molecule has 3 aromatic rings. The van der Waals surface area contributed by atoms with Crippen LogP contribution in [0.3, 0.4) is 0 Å². The van der Waals surface area contributed by atoms with E-state index in [1.54, 1.807) is 26.2 Å². The van der Waals surface area contributed by atoms with Crippen LogP contribution >= 0.6 is 11.6 Å². The van der Waals surface area contributed by atoms with E-state index in [1.807, 2.05) is 26.0 Å². The Morgan fingerprint density at radius 3 is 2.71 bits per heavy atom. The standard InChI is InChI=1S/C23H26ClFN4O2/c1-14(2)28-20-6-5-18(26)12-21(20)29(23(28)31)19-4-3-7-27(13-19)22(30)10-15-8-16(24)11-17(25)9-15/h5-6,8-9,11-12,14,19H,3-4,7,10,13,26H2,1-2H3/t19-/m0/s1. The zero-order valence-corrected chi connectivity index (χ0v) is 18.4. The number of imidazole rings is 1. The summed E-state index contributed by atoms with van der Waals surface area (Å²) in [5.41, 5.74) is 8.68. The Bertz CT molecular complexity index is 1180. The summed E-state index contributed by atoms with van der Waals surface area (Å²) >= 11 is 5.92. The zero-order chi connectivity index (χ0) is 22.3. The number of nitrogen functional groups attached to an aromatic ring is 1. The van der Waals surface area contributed by atoms with Crippen molar-refractivity contribution < 1.29 is 9.18 Å². The third-order valence-electron chi connectivity index (χ3n) is 5.84. The lowest BCUT2D eigenvalue weighted by molar-refractivity contribution is -0.132. The number of halogens is 2. The van der Waals surface area contributed by atoms with Crippen LogP contribution in [0.5, 0.6) is 0 Å². The third kappa shape index (κ3) is 4.19. The number of hydrogen-bond donors (Lipinski definition) is 1. The number of carbonyl (C=O) groups is 1. The molecule has 0 unspecified atom stereocenters. The predicted octanol–water partition coefficient (Wildman–Crippen LogP) is 4.16. The van der Waals surface area contributed by atoms with Crippen molar-refractivity contribution in [3.8, 4) is 0 Å². The zero-order valence-electron chi connectivity index (χ0n) is 17.6. The first-order chi connectivity index (χ1) is 14.7. The quantitative estimate of drug-likeness (QED) is 0.614. The van der Waals surface area contributed by atoms with E-state index >= 15 is 0 Å². The van der Waals surface area contributed by atoms with Crippen molar-refractivity contribution in [3.63, 3.8) is 0 Å². The maximum absolute atomic E-state index is 13.6.